The third kappa shape index (κ3) is 4.93. The van der Waals surface area contributed by atoms with Crippen LogP contribution in [0, 0.1) is 5.92 Å². The number of carbonyl (C=O) groups is 1. The standard InChI is InChI=1S/C29H32N2O/c32-28(26-15-14-24-11-4-5-12-25(24)19-26)17-16-27-21-31-20-23(13-18-29(31)30-27)10-6-9-22-7-2-1-3-8-22/h4-5,11-15,18-22H,1-3,6-10,16-17H2. The van der Waals surface area contributed by atoms with Crippen LogP contribution in [0.3, 0.4) is 0 Å². The summed E-state index contributed by atoms with van der Waals surface area (Å²) in [4.78, 5) is 17.5. The number of aromatic nitrogens is 2. The molecule has 2 aromatic heterocycles. The Morgan fingerprint density at radius 3 is 2.62 bits per heavy atom. The summed E-state index contributed by atoms with van der Waals surface area (Å²) in [6.07, 6.45) is 16.4. The number of benzene rings is 2. The molecule has 0 aliphatic heterocycles. The van der Waals surface area contributed by atoms with Crippen molar-refractivity contribution in [3.8, 4) is 0 Å². The molecule has 1 saturated carbocycles. The zero-order valence-electron chi connectivity index (χ0n) is 18.8. The fourth-order valence-electron chi connectivity index (χ4n) is 5.18. The van der Waals surface area contributed by atoms with Crippen LogP contribution in [0.5, 0.6) is 0 Å². The van der Waals surface area contributed by atoms with Gasteiger partial charge < -0.3 is 4.40 Å². The molecule has 1 fully saturated rings. The number of hydrogen-bond donors (Lipinski definition) is 0. The Kier molecular flexibility index (Phi) is 6.34. The van der Waals surface area contributed by atoms with Gasteiger partial charge >= 0.3 is 0 Å². The van der Waals surface area contributed by atoms with Gasteiger partial charge in [-0.15, -0.1) is 0 Å². The second-order valence-electron chi connectivity index (χ2n) is 9.42. The molecule has 164 valence electrons. The molecular formula is C29H32N2O. The highest BCUT2D eigenvalue weighted by atomic mass is 16.1. The topological polar surface area (TPSA) is 34.4 Å². The van der Waals surface area contributed by atoms with E-state index in [1.807, 2.05) is 30.3 Å². The first-order valence-corrected chi connectivity index (χ1v) is 12.2. The Balaban J connectivity index is 1.18. The maximum absolute atomic E-state index is 12.7. The van der Waals surface area contributed by atoms with Crippen molar-refractivity contribution in [1.29, 1.82) is 0 Å². The number of hydrogen-bond acceptors (Lipinski definition) is 2. The lowest BCUT2D eigenvalue weighted by atomic mass is 9.85. The number of rotatable bonds is 8. The number of imidazole rings is 1. The highest BCUT2D eigenvalue weighted by molar-refractivity contribution is 6.00. The molecule has 0 N–H and O–H groups in total. The second kappa shape index (κ2) is 9.68. The maximum atomic E-state index is 12.7. The van der Waals surface area contributed by atoms with Gasteiger partial charge in [-0.1, -0.05) is 81.0 Å². The molecule has 0 atom stereocenters. The third-order valence-electron chi connectivity index (χ3n) is 7.04. The van der Waals surface area contributed by atoms with E-state index in [4.69, 9.17) is 4.98 Å². The molecule has 0 radical (unpaired) electrons. The average Bonchev–Trinajstić information content (AvgIpc) is 3.25. The van der Waals surface area contributed by atoms with Crippen LogP contribution in [0.25, 0.3) is 16.4 Å². The molecule has 0 spiro atoms. The van der Waals surface area contributed by atoms with E-state index in [0.29, 0.717) is 12.8 Å². The zero-order chi connectivity index (χ0) is 21.8. The molecule has 0 amide bonds. The average molecular weight is 425 g/mol. The third-order valence-corrected chi connectivity index (χ3v) is 7.04. The molecule has 2 heterocycles. The van der Waals surface area contributed by atoms with Gasteiger partial charge in [0.15, 0.2) is 5.78 Å². The summed E-state index contributed by atoms with van der Waals surface area (Å²) in [5.41, 5.74) is 4.12. The van der Waals surface area contributed by atoms with Crippen molar-refractivity contribution in [3.63, 3.8) is 0 Å². The molecular weight excluding hydrogens is 392 g/mol. The first kappa shape index (κ1) is 20.9. The Morgan fingerprint density at radius 2 is 1.75 bits per heavy atom. The van der Waals surface area contributed by atoms with Crippen molar-refractivity contribution in [2.75, 3.05) is 0 Å². The van der Waals surface area contributed by atoms with Crippen molar-refractivity contribution in [3.05, 3.63) is 83.8 Å². The van der Waals surface area contributed by atoms with Crippen LogP contribution in [0.2, 0.25) is 0 Å². The second-order valence-corrected chi connectivity index (χ2v) is 9.42. The summed E-state index contributed by atoms with van der Waals surface area (Å²) in [7, 11) is 0. The Hall–Kier alpha value is -2.94. The van der Waals surface area contributed by atoms with E-state index in [1.54, 1.807) is 0 Å². The van der Waals surface area contributed by atoms with Crippen molar-refractivity contribution in [1.82, 2.24) is 9.38 Å². The van der Waals surface area contributed by atoms with Gasteiger partial charge in [-0.25, -0.2) is 4.98 Å². The van der Waals surface area contributed by atoms with E-state index in [1.165, 1.54) is 55.9 Å². The van der Waals surface area contributed by atoms with Crippen molar-refractivity contribution < 1.29 is 4.79 Å². The van der Waals surface area contributed by atoms with Gasteiger partial charge in [-0.05, 0) is 53.6 Å². The number of aryl methyl sites for hydroxylation is 2. The summed E-state index contributed by atoms with van der Waals surface area (Å²) >= 11 is 0. The Bertz CT molecular complexity index is 1220. The summed E-state index contributed by atoms with van der Waals surface area (Å²) in [6.45, 7) is 0. The minimum atomic E-state index is 0.177. The summed E-state index contributed by atoms with van der Waals surface area (Å²) in [5.74, 6) is 1.13. The molecule has 0 bridgehead atoms. The number of pyridine rings is 1. The number of carbonyl (C=O) groups excluding carboxylic acids is 1. The van der Waals surface area contributed by atoms with E-state index in [9.17, 15) is 4.79 Å². The molecule has 5 rings (SSSR count). The largest absolute Gasteiger partial charge is 0.307 e. The molecule has 1 aliphatic carbocycles. The molecule has 2 aromatic carbocycles. The summed E-state index contributed by atoms with van der Waals surface area (Å²) < 4.78 is 2.13. The number of nitrogens with zero attached hydrogens (tertiary/aromatic N) is 2. The van der Waals surface area contributed by atoms with E-state index in [2.05, 4.69) is 41.1 Å². The first-order chi connectivity index (χ1) is 15.7. The smallest absolute Gasteiger partial charge is 0.163 e. The van der Waals surface area contributed by atoms with Crippen molar-refractivity contribution in [2.24, 2.45) is 5.92 Å². The predicted octanol–water partition coefficient (Wildman–Crippen LogP) is 7.21. The Labute approximate surface area is 190 Å². The Morgan fingerprint density at radius 1 is 0.906 bits per heavy atom. The van der Waals surface area contributed by atoms with Crippen LogP contribution in [0.15, 0.2) is 67.0 Å². The van der Waals surface area contributed by atoms with Crippen LogP contribution in [0.4, 0.5) is 0 Å². The van der Waals surface area contributed by atoms with Crippen LogP contribution in [0.1, 0.15) is 73.0 Å². The fourth-order valence-corrected chi connectivity index (χ4v) is 5.18. The SMILES string of the molecule is O=C(CCc1cn2cc(CCCC3CCCCC3)ccc2n1)c1ccc2ccccc2c1. The highest BCUT2D eigenvalue weighted by Gasteiger charge is 2.13. The first-order valence-electron chi connectivity index (χ1n) is 12.2. The lowest BCUT2D eigenvalue weighted by molar-refractivity contribution is 0.0982. The van der Waals surface area contributed by atoms with E-state index >= 15 is 0 Å². The predicted molar refractivity (Wildman–Crippen MR) is 131 cm³/mol. The van der Waals surface area contributed by atoms with Gasteiger partial charge in [-0.2, -0.15) is 0 Å². The minimum absolute atomic E-state index is 0.177. The van der Waals surface area contributed by atoms with Gasteiger partial charge in [0.25, 0.3) is 0 Å². The minimum Gasteiger partial charge on any atom is -0.307 e. The van der Waals surface area contributed by atoms with Crippen LogP contribution in [-0.2, 0) is 12.8 Å². The maximum Gasteiger partial charge on any atom is 0.163 e. The molecule has 3 heteroatoms. The van der Waals surface area contributed by atoms with Gasteiger partial charge in [-0.3, -0.25) is 4.79 Å². The van der Waals surface area contributed by atoms with E-state index < -0.39 is 0 Å². The molecule has 1 aliphatic rings. The molecule has 0 saturated heterocycles. The number of ketones is 1. The molecule has 0 unspecified atom stereocenters. The monoisotopic (exact) mass is 424 g/mol. The van der Waals surface area contributed by atoms with E-state index in [0.717, 1.165) is 34.6 Å². The van der Waals surface area contributed by atoms with Gasteiger partial charge in [0.2, 0.25) is 0 Å². The molecule has 4 aromatic rings. The molecule has 3 nitrogen and oxygen atoms in total. The van der Waals surface area contributed by atoms with Crippen LogP contribution >= 0.6 is 0 Å². The fraction of sp³-hybridized carbons (Fsp3) is 0.379. The van der Waals surface area contributed by atoms with Crippen molar-refractivity contribution in [2.45, 2.75) is 64.2 Å². The lowest BCUT2D eigenvalue weighted by Gasteiger charge is -2.21. The number of Topliss-reactive ketones (excluding diaryl/α,β-unsaturated/α-hetero) is 1. The quantitative estimate of drug-likeness (QED) is 0.280. The van der Waals surface area contributed by atoms with Crippen LogP contribution in [-0.4, -0.2) is 15.2 Å². The lowest BCUT2D eigenvalue weighted by Crippen LogP contribution is -2.06. The zero-order valence-corrected chi connectivity index (χ0v) is 18.8. The van der Waals surface area contributed by atoms with Crippen LogP contribution < -0.4 is 0 Å². The van der Waals surface area contributed by atoms with Gasteiger partial charge in [0, 0.05) is 24.4 Å². The van der Waals surface area contributed by atoms with Gasteiger partial charge in [0.05, 0.1) is 5.69 Å². The van der Waals surface area contributed by atoms with E-state index in [-0.39, 0.29) is 5.78 Å². The molecule has 32 heavy (non-hydrogen) atoms. The normalized spacial score (nSPS) is 14.9. The van der Waals surface area contributed by atoms with Crippen molar-refractivity contribution >= 4 is 22.2 Å². The van der Waals surface area contributed by atoms with Gasteiger partial charge in [0.1, 0.15) is 5.65 Å². The summed E-state index contributed by atoms with van der Waals surface area (Å²) in [5, 5.41) is 2.28. The summed E-state index contributed by atoms with van der Waals surface area (Å²) in [6, 6.07) is 18.5. The highest BCUT2D eigenvalue weighted by Crippen LogP contribution is 2.28. The number of fused-ring (bicyclic) bond motifs is 2.